The number of amides is 1. The molecule has 2 unspecified atom stereocenters. The van der Waals surface area contributed by atoms with Gasteiger partial charge in [0.15, 0.2) is 5.09 Å². The first-order valence-electron chi connectivity index (χ1n) is 10.3. The summed E-state index contributed by atoms with van der Waals surface area (Å²) in [7, 11) is 0. The van der Waals surface area contributed by atoms with E-state index in [1.807, 2.05) is 12.1 Å². The molecule has 0 bridgehead atoms. The molecular formula is C22H25Cl2FN2O2S. The molecule has 162 valence electrons. The number of furan rings is 1. The largest absolute Gasteiger partial charge is 0.457 e. The molecule has 2 aliphatic rings. The molecule has 8 heteroatoms. The van der Waals surface area contributed by atoms with Crippen LogP contribution >= 0.6 is 35.1 Å². The van der Waals surface area contributed by atoms with E-state index in [0.717, 1.165) is 43.7 Å². The van der Waals surface area contributed by atoms with Gasteiger partial charge < -0.3 is 9.73 Å². The summed E-state index contributed by atoms with van der Waals surface area (Å²) < 4.78 is 22.4. The second kappa shape index (κ2) is 9.11. The van der Waals surface area contributed by atoms with Crippen LogP contribution in [-0.2, 0) is 4.79 Å². The van der Waals surface area contributed by atoms with Crippen molar-refractivity contribution in [2.24, 2.45) is 11.3 Å². The zero-order chi connectivity index (χ0) is 21.3. The molecule has 2 aromatic rings. The molecule has 2 fully saturated rings. The van der Waals surface area contributed by atoms with Crippen LogP contribution < -0.4 is 5.32 Å². The third kappa shape index (κ3) is 4.52. The standard InChI is InChI=1S/C22H25Cl2FN2O2S/c1-22(9-2-3-10-22)20(18-16(25)7-6-15(23)19(18)24)26-21(28)14-8-11-27(13-14)30-17-5-4-12-29-17/h4-7,12,14,20H,2-3,8-11,13H2,1H3,(H,26,28). The Balaban J connectivity index is 1.53. The van der Waals surface area contributed by atoms with Gasteiger partial charge in [-0.15, -0.1) is 0 Å². The Hall–Kier alpha value is -1.21. The molecule has 30 heavy (non-hydrogen) atoms. The minimum atomic E-state index is -0.509. The molecule has 1 aliphatic heterocycles. The predicted octanol–water partition coefficient (Wildman–Crippen LogP) is 6.49. The number of carbonyl (C=O) groups is 1. The first-order chi connectivity index (χ1) is 14.4. The highest BCUT2D eigenvalue weighted by atomic mass is 35.5. The average Bonchev–Trinajstić information content (AvgIpc) is 3.47. The molecule has 1 saturated heterocycles. The average molecular weight is 471 g/mol. The Morgan fingerprint density at radius 3 is 2.80 bits per heavy atom. The highest BCUT2D eigenvalue weighted by Crippen LogP contribution is 2.50. The maximum absolute atomic E-state index is 14.9. The van der Waals surface area contributed by atoms with Gasteiger partial charge in [0.25, 0.3) is 0 Å². The van der Waals surface area contributed by atoms with E-state index in [1.165, 1.54) is 24.1 Å². The fraction of sp³-hybridized carbons (Fsp3) is 0.500. The van der Waals surface area contributed by atoms with E-state index in [0.29, 0.717) is 17.1 Å². The minimum absolute atomic E-state index is 0.0638. The number of benzene rings is 1. The Kier molecular flexibility index (Phi) is 6.68. The summed E-state index contributed by atoms with van der Waals surface area (Å²) in [5, 5.41) is 4.46. The molecule has 4 nitrogen and oxygen atoms in total. The van der Waals surface area contributed by atoms with Crippen molar-refractivity contribution in [1.29, 1.82) is 0 Å². The first-order valence-corrected chi connectivity index (χ1v) is 11.8. The summed E-state index contributed by atoms with van der Waals surface area (Å²) in [4.78, 5) is 13.2. The van der Waals surface area contributed by atoms with Crippen LogP contribution in [0.1, 0.15) is 50.6 Å². The Morgan fingerprint density at radius 2 is 2.10 bits per heavy atom. The molecule has 2 heterocycles. The van der Waals surface area contributed by atoms with Crippen LogP contribution in [-0.4, -0.2) is 23.3 Å². The third-order valence-corrected chi connectivity index (χ3v) is 8.15. The number of rotatable bonds is 6. The van der Waals surface area contributed by atoms with Gasteiger partial charge in [0.2, 0.25) is 5.91 Å². The van der Waals surface area contributed by atoms with Crippen molar-refractivity contribution in [2.45, 2.75) is 50.2 Å². The number of nitrogens with zero attached hydrogens (tertiary/aromatic N) is 1. The second-order valence-corrected chi connectivity index (χ2v) is 10.3. The molecule has 0 spiro atoms. The highest BCUT2D eigenvalue weighted by Gasteiger charge is 2.42. The molecule has 1 aliphatic carbocycles. The van der Waals surface area contributed by atoms with Crippen LogP contribution in [0.2, 0.25) is 10.0 Å². The van der Waals surface area contributed by atoms with Crippen LogP contribution in [0.25, 0.3) is 0 Å². The fourth-order valence-electron chi connectivity index (χ4n) is 4.60. The van der Waals surface area contributed by atoms with E-state index in [9.17, 15) is 9.18 Å². The molecule has 1 N–H and O–H groups in total. The van der Waals surface area contributed by atoms with Crippen molar-refractivity contribution >= 4 is 41.1 Å². The fourth-order valence-corrected chi connectivity index (χ4v) is 5.97. The quantitative estimate of drug-likeness (QED) is 0.386. The molecular weight excluding hydrogens is 446 g/mol. The van der Waals surface area contributed by atoms with Crippen molar-refractivity contribution in [3.05, 3.63) is 52.0 Å². The van der Waals surface area contributed by atoms with E-state index in [-0.39, 0.29) is 22.3 Å². The van der Waals surface area contributed by atoms with Gasteiger partial charge in [0.05, 0.1) is 28.3 Å². The van der Waals surface area contributed by atoms with Gasteiger partial charge in [0, 0.05) is 18.7 Å². The van der Waals surface area contributed by atoms with E-state index in [2.05, 4.69) is 16.5 Å². The zero-order valence-corrected chi connectivity index (χ0v) is 19.1. The number of carbonyl (C=O) groups excluding carboxylic acids is 1. The van der Waals surface area contributed by atoms with Crippen LogP contribution in [0.15, 0.2) is 40.0 Å². The molecule has 1 aromatic carbocycles. The molecule has 2 atom stereocenters. The smallest absolute Gasteiger partial charge is 0.224 e. The monoisotopic (exact) mass is 470 g/mol. The maximum atomic E-state index is 14.9. The van der Waals surface area contributed by atoms with Gasteiger partial charge in [-0.2, -0.15) is 0 Å². The lowest BCUT2D eigenvalue weighted by Gasteiger charge is -2.36. The Bertz CT molecular complexity index is 903. The topological polar surface area (TPSA) is 45.5 Å². The van der Waals surface area contributed by atoms with Crippen molar-refractivity contribution in [2.75, 3.05) is 13.1 Å². The minimum Gasteiger partial charge on any atom is -0.457 e. The Labute approximate surface area is 190 Å². The molecule has 1 saturated carbocycles. The van der Waals surface area contributed by atoms with Crippen molar-refractivity contribution in [3.63, 3.8) is 0 Å². The SMILES string of the molecule is CC1(C(NC(=O)C2CCN(Sc3ccco3)C2)c2c(F)ccc(Cl)c2Cl)CCCC1. The van der Waals surface area contributed by atoms with Gasteiger partial charge in [-0.25, -0.2) is 8.70 Å². The summed E-state index contributed by atoms with van der Waals surface area (Å²) in [5.74, 6) is -0.656. The lowest BCUT2D eigenvalue weighted by atomic mass is 9.76. The summed E-state index contributed by atoms with van der Waals surface area (Å²) >= 11 is 14.2. The van der Waals surface area contributed by atoms with Gasteiger partial charge in [-0.1, -0.05) is 43.0 Å². The second-order valence-electron chi connectivity index (χ2n) is 8.46. The summed E-state index contributed by atoms with van der Waals surface area (Å²) in [6, 6.07) is 6.03. The van der Waals surface area contributed by atoms with Gasteiger partial charge in [0.1, 0.15) is 5.82 Å². The van der Waals surface area contributed by atoms with Crippen molar-refractivity contribution in [3.8, 4) is 0 Å². The first kappa shape index (κ1) is 22.0. The summed E-state index contributed by atoms with van der Waals surface area (Å²) in [6.45, 7) is 3.51. The number of hydrogen-bond donors (Lipinski definition) is 1. The van der Waals surface area contributed by atoms with Gasteiger partial charge >= 0.3 is 0 Å². The number of halogens is 3. The summed E-state index contributed by atoms with van der Waals surface area (Å²) in [5.41, 5.74) is 0.0493. The van der Waals surface area contributed by atoms with E-state index >= 15 is 0 Å². The van der Waals surface area contributed by atoms with Crippen LogP contribution in [0.4, 0.5) is 4.39 Å². The van der Waals surface area contributed by atoms with Crippen LogP contribution in [0.3, 0.4) is 0 Å². The number of nitrogens with one attached hydrogen (secondary N) is 1. The van der Waals surface area contributed by atoms with Crippen LogP contribution in [0, 0.1) is 17.2 Å². The number of hydrogen-bond acceptors (Lipinski definition) is 4. The summed E-state index contributed by atoms with van der Waals surface area (Å²) in [6.07, 6.45) is 6.31. The van der Waals surface area contributed by atoms with E-state index in [1.54, 1.807) is 6.26 Å². The maximum Gasteiger partial charge on any atom is 0.224 e. The molecule has 4 rings (SSSR count). The van der Waals surface area contributed by atoms with Crippen LogP contribution in [0.5, 0.6) is 0 Å². The molecule has 1 aromatic heterocycles. The lowest BCUT2D eigenvalue weighted by molar-refractivity contribution is -0.126. The van der Waals surface area contributed by atoms with Crippen molar-refractivity contribution in [1.82, 2.24) is 9.62 Å². The normalized spacial score (nSPS) is 22.3. The van der Waals surface area contributed by atoms with Crippen molar-refractivity contribution < 1.29 is 13.6 Å². The van der Waals surface area contributed by atoms with E-state index < -0.39 is 11.9 Å². The third-order valence-electron chi connectivity index (χ3n) is 6.33. The highest BCUT2D eigenvalue weighted by molar-refractivity contribution is 7.96. The Morgan fingerprint density at radius 1 is 1.33 bits per heavy atom. The molecule has 1 amide bonds. The molecule has 0 radical (unpaired) electrons. The zero-order valence-electron chi connectivity index (χ0n) is 16.8. The lowest BCUT2D eigenvalue weighted by Crippen LogP contribution is -2.42. The van der Waals surface area contributed by atoms with Gasteiger partial charge in [-0.05, 0) is 60.9 Å². The van der Waals surface area contributed by atoms with Gasteiger partial charge in [-0.3, -0.25) is 4.79 Å². The predicted molar refractivity (Wildman–Crippen MR) is 118 cm³/mol. The van der Waals surface area contributed by atoms with E-state index in [4.69, 9.17) is 27.6 Å².